The van der Waals surface area contributed by atoms with Crippen LogP contribution in [0.5, 0.6) is 0 Å². The van der Waals surface area contributed by atoms with Gasteiger partial charge in [0, 0.05) is 37.6 Å². The molecule has 0 bridgehead atoms. The van der Waals surface area contributed by atoms with Gasteiger partial charge >= 0.3 is 6.09 Å². The van der Waals surface area contributed by atoms with Crippen LogP contribution in [0.25, 0.3) is 0 Å². The highest BCUT2D eigenvalue weighted by molar-refractivity contribution is 6.30. The second kappa shape index (κ2) is 8.09. The molecule has 0 N–H and O–H groups in total. The number of carbonyl (C=O) groups excluding carboxylic acids is 2. The number of hydrogen-bond acceptors (Lipinski definition) is 3. The maximum absolute atomic E-state index is 12.6. The van der Waals surface area contributed by atoms with Crippen molar-refractivity contribution in [1.29, 1.82) is 0 Å². The molecule has 1 saturated heterocycles. The van der Waals surface area contributed by atoms with E-state index in [2.05, 4.69) is 0 Å². The first-order valence-corrected chi connectivity index (χ1v) is 9.01. The van der Waals surface area contributed by atoms with Crippen LogP contribution in [0.1, 0.15) is 39.2 Å². The minimum atomic E-state index is -0.497. The Balaban J connectivity index is 1.84. The van der Waals surface area contributed by atoms with Gasteiger partial charge in [0.15, 0.2) is 0 Å². The van der Waals surface area contributed by atoms with Crippen LogP contribution in [0.4, 0.5) is 4.79 Å². The third-order valence-electron chi connectivity index (χ3n) is 4.21. The predicted molar refractivity (Wildman–Crippen MR) is 98.5 cm³/mol. The van der Waals surface area contributed by atoms with Crippen molar-refractivity contribution in [3.63, 3.8) is 0 Å². The monoisotopic (exact) mass is 366 g/mol. The molecule has 25 heavy (non-hydrogen) atoms. The standard InChI is InChI=1S/C19H27ClN2O3/c1-19(2,3)25-18(24)22-11-9-15(10-12-22)17(23)21(4)13-14-5-7-16(20)8-6-14/h5-8,15H,9-13H2,1-4H3. The van der Waals surface area contributed by atoms with Crippen LogP contribution in [0.15, 0.2) is 24.3 Å². The fraction of sp³-hybridized carbons (Fsp3) is 0.579. The molecule has 1 aromatic rings. The van der Waals surface area contributed by atoms with Gasteiger partial charge < -0.3 is 14.5 Å². The lowest BCUT2D eigenvalue weighted by Gasteiger charge is -2.34. The molecule has 2 rings (SSSR count). The summed E-state index contributed by atoms with van der Waals surface area (Å²) >= 11 is 5.89. The number of carbonyl (C=O) groups is 2. The van der Waals surface area contributed by atoms with E-state index in [0.29, 0.717) is 37.5 Å². The highest BCUT2D eigenvalue weighted by Crippen LogP contribution is 2.22. The molecule has 5 nitrogen and oxygen atoms in total. The molecule has 2 amide bonds. The van der Waals surface area contributed by atoms with Crippen LogP contribution in [0.3, 0.4) is 0 Å². The number of halogens is 1. The molecular weight excluding hydrogens is 340 g/mol. The third kappa shape index (κ3) is 5.92. The van der Waals surface area contributed by atoms with Crippen LogP contribution in [0.2, 0.25) is 5.02 Å². The number of rotatable bonds is 3. The van der Waals surface area contributed by atoms with E-state index < -0.39 is 5.60 Å². The Morgan fingerprint density at radius 1 is 1.20 bits per heavy atom. The summed E-state index contributed by atoms with van der Waals surface area (Å²) in [7, 11) is 1.82. The van der Waals surface area contributed by atoms with Gasteiger partial charge in [0.2, 0.25) is 5.91 Å². The molecule has 1 aliphatic rings. The molecular formula is C19H27ClN2O3. The summed E-state index contributed by atoms with van der Waals surface area (Å²) in [6.07, 6.45) is 1.04. The molecule has 0 spiro atoms. The minimum absolute atomic E-state index is 0.0454. The number of benzene rings is 1. The lowest BCUT2D eigenvalue weighted by molar-refractivity contribution is -0.136. The van der Waals surface area contributed by atoms with Crippen molar-refractivity contribution in [3.8, 4) is 0 Å². The summed E-state index contributed by atoms with van der Waals surface area (Å²) in [6.45, 7) is 7.23. The summed E-state index contributed by atoms with van der Waals surface area (Å²) in [6, 6.07) is 7.51. The van der Waals surface area contributed by atoms with E-state index in [1.807, 2.05) is 52.1 Å². The quantitative estimate of drug-likeness (QED) is 0.813. The molecule has 0 atom stereocenters. The smallest absolute Gasteiger partial charge is 0.410 e. The largest absolute Gasteiger partial charge is 0.444 e. The van der Waals surface area contributed by atoms with Gasteiger partial charge in [-0.05, 0) is 51.3 Å². The molecule has 0 radical (unpaired) electrons. The molecule has 0 unspecified atom stereocenters. The van der Waals surface area contributed by atoms with Crippen LogP contribution >= 0.6 is 11.6 Å². The topological polar surface area (TPSA) is 49.9 Å². The van der Waals surface area contributed by atoms with E-state index in [9.17, 15) is 9.59 Å². The van der Waals surface area contributed by atoms with Crippen molar-refractivity contribution in [2.24, 2.45) is 5.92 Å². The van der Waals surface area contributed by atoms with E-state index in [1.54, 1.807) is 9.80 Å². The normalized spacial score (nSPS) is 15.8. The third-order valence-corrected chi connectivity index (χ3v) is 4.46. The Hall–Kier alpha value is -1.75. The number of ether oxygens (including phenoxy) is 1. The summed E-state index contributed by atoms with van der Waals surface area (Å²) in [5.74, 6) is 0.0785. The SMILES string of the molecule is CN(Cc1ccc(Cl)cc1)C(=O)C1CCN(C(=O)OC(C)(C)C)CC1. The Labute approximate surface area is 154 Å². The second-order valence-electron chi connectivity index (χ2n) is 7.56. The van der Waals surface area contributed by atoms with Gasteiger partial charge in [0.25, 0.3) is 0 Å². The number of hydrogen-bond donors (Lipinski definition) is 0. The van der Waals surface area contributed by atoms with Crippen molar-refractivity contribution >= 4 is 23.6 Å². The van der Waals surface area contributed by atoms with Gasteiger partial charge in [-0.25, -0.2) is 4.79 Å². The van der Waals surface area contributed by atoms with Gasteiger partial charge in [0.05, 0.1) is 0 Å². The number of piperidine rings is 1. The molecule has 1 heterocycles. The zero-order valence-corrected chi connectivity index (χ0v) is 16.2. The Bertz CT molecular complexity index is 602. The molecule has 1 aromatic carbocycles. The Kier molecular flexibility index (Phi) is 6.33. The van der Waals surface area contributed by atoms with Crippen molar-refractivity contribution in [1.82, 2.24) is 9.80 Å². The molecule has 6 heteroatoms. The minimum Gasteiger partial charge on any atom is -0.444 e. The molecule has 1 fully saturated rings. The molecule has 1 aliphatic heterocycles. The summed E-state index contributed by atoms with van der Waals surface area (Å²) in [5.41, 5.74) is 0.550. The first-order valence-electron chi connectivity index (χ1n) is 8.63. The maximum Gasteiger partial charge on any atom is 0.410 e. The fourth-order valence-electron chi connectivity index (χ4n) is 2.89. The molecule has 0 aliphatic carbocycles. The number of likely N-dealkylation sites (tertiary alicyclic amines) is 1. The van der Waals surface area contributed by atoms with Gasteiger partial charge in [0.1, 0.15) is 5.60 Å². The fourth-order valence-corrected chi connectivity index (χ4v) is 3.01. The van der Waals surface area contributed by atoms with E-state index in [1.165, 1.54) is 0 Å². The zero-order chi connectivity index (χ0) is 18.6. The lowest BCUT2D eigenvalue weighted by Crippen LogP contribution is -2.45. The first-order chi connectivity index (χ1) is 11.7. The summed E-state index contributed by atoms with van der Waals surface area (Å²) in [4.78, 5) is 28.2. The first kappa shape index (κ1) is 19.6. The van der Waals surface area contributed by atoms with Gasteiger partial charge in [-0.3, -0.25) is 4.79 Å². The van der Waals surface area contributed by atoms with E-state index in [4.69, 9.17) is 16.3 Å². The molecule has 0 saturated carbocycles. The van der Waals surface area contributed by atoms with Crippen LogP contribution in [-0.2, 0) is 16.1 Å². The van der Waals surface area contributed by atoms with Crippen LogP contribution < -0.4 is 0 Å². The molecule has 0 aromatic heterocycles. The Morgan fingerprint density at radius 3 is 2.28 bits per heavy atom. The summed E-state index contributed by atoms with van der Waals surface area (Å²) < 4.78 is 5.39. The predicted octanol–water partition coefficient (Wildman–Crippen LogP) is 3.95. The lowest BCUT2D eigenvalue weighted by atomic mass is 9.95. The van der Waals surface area contributed by atoms with Crippen molar-refractivity contribution in [2.75, 3.05) is 20.1 Å². The van der Waals surface area contributed by atoms with Crippen molar-refractivity contribution < 1.29 is 14.3 Å². The number of amides is 2. The number of nitrogens with zero attached hydrogens (tertiary/aromatic N) is 2. The van der Waals surface area contributed by atoms with Crippen LogP contribution in [-0.4, -0.2) is 47.5 Å². The van der Waals surface area contributed by atoms with Crippen molar-refractivity contribution in [3.05, 3.63) is 34.9 Å². The van der Waals surface area contributed by atoms with Gasteiger partial charge in [-0.2, -0.15) is 0 Å². The highest BCUT2D eigenvalue weighted by atomic mass is 35.5. The van der Waals surface area contributed by atoms with E-state index in [0.717, 1.165) is 5.56 Å². The van der Waals surface area contributed by atoms with Crippen LogP contribution in [0, 0.1) is 5.92 Å². The average molecular weight is 367 g/mol. The van der Waals surface area contributed by atoms with E-state index >= 15 is 0 Å². The van der Waals surface area contributed by atoms with Gasteiger partial charge in [-0.1, -0.05) is 23.7 Å². The summed E-state index contributed by atoms with van der Waals surface area (Å²) in [5, 5.41) is 0.687. The zero-order valence-electron chi connectivity index (χ0n) is 15.4. The molecule has 138 valence electrons. The van der Waals surface area contributed by atoms with Gasteiger partial charge in [-0.15, -0.1) is 0 Å². The maximum atomic E-state index is 12.6. The van der Waals surface area contributed by atoms with E-state index in [-0.39, 0.29) is 17.9 Å². The average Bonchev–Trinajstić information content (AvgIpc) is 2.55. The van der Waals surface area contributed by atoms with Crippen molar-refractivity contribution in [2.45, 2.75) is 45.8 Å². The second-order valence-corrected chi connectivity index (χ2v) is 8.00. The Morgan fingerprint density at radius 2 is 1.76 bits per heavy atom. The highest BCUT2D eigenvalue weighted by Gasteiger charge is 2.31.